The Labute approximate surface area is 116 Å². The van der Waals surface area contributed by atoms with Crippen molar-refractivity contribution in [2.75, 3.05) is 17.4 Å². The fraction of sp³-hybridized carbons (Fsp3) is 0.286. The lowest BCUT2D eigenvalue weighted by Crippen LogP contribution is -2.30. The van der Waals surface area contributed by atoms with E-state index >= 15 is 0 Å². The first-order chi connectivity index (χ1) is 9.17. The zero-order chi connectivity index (χ0) is 13.8. The number of carbonyl (C=O) groups is 2. The average Bonchev–Trinajstić information content (AvgIpc) is 2.72. The van der Waals surface area contributed by atoms with Gasteiger partial charge in [0.05, 0.1) is 11.6 Å². The Bertz CT molecular complexity index is 498. The lowest BCUT2D eigenvalue weighted by molar-refractivity contribution is -0.122. The summed E-state index contributed by atoms with van der Waals surface area (Å²) in [4.78, 5) is 25.0. The quantitative estimate of drug-likeness (QED) is 0.472. The topological polar surface area (TPSA) is 46.6 Å². The first-order valence-corrected chi connectivity index (χ1v) is 6.47. The number of rotatable bonds is 5. The van der Waals surface area contributed by atoms with Crippen LogP contribution in [0.1, 0.15) is 6.42 Å². The van der Waals surface area contributed by atoms with E-state index in [0.29, 0.717) is 18.0 Å². The number of hydrogen-bond acceptors (Lipinski definition) is 3. The molecule has 1 aliphatic rings. The molecule has 1 saturated heterocycles. The minimum Gasteiger partial charge on any atom is -0.490 e. The van der Waals surface area contributed by atoms with Crippen LogP contribution in [0.15, 0.2) is 36.9 Å². The highest BCUT2D eigenvalue weighted by molar-refractivity contribution is 6.25. The van der Waals surface area contributed by atoms with Gasteiger partial charge in [0.2, 0.25) is 11.8 Å². The second kappa shape index (κ2) is 5.89. The lowest BCUT2D eigenvalue weighted by Gasteiger charge is -2.15. The van der Waals surface area contributed by atoms with Crippen LogP contribution in [-0.4, -0.2) is 24.3 Å². The van der Waals surface area contributed by atoms with Gasteiger partial charge in [-0.05, 0) is 24.3 Å². The Morgan fingerprint density at radius 1 is 1.37 bits per heavy atom. The molecule has 0 radical (unpaired) electrons. The van der Waals surface area contributed by atoms with E-state index in [-0.39, 0.29) is 24.1 Å². The van der Waals surface area contributed by atoms with Crippen molar-refractivity contribution in [2.45, 2.75) is 6.42 Å². The molecule has 2 amide bonds. The number of alkyl halides is 1. The van der Waals surface area contributed by atoms with Gasteiger partial charge in [-0.1, -0.05) is 12.7 Å². The van der Waals surface area contributed by atoms with E-state index < -0.39 is 5.92 Å². The van der Waals surface area contributed by atoms with Crippen molar-refractivity contribution in [3.05, 3.63) is 36.9 Å². The Morgan fingerprint density at radius 2 is 2.05 bits per heavy atom. The molecule has 2 rings (SSSR count). The van der Waals surface area contributed by atoms with Crippen LogP contribution < -0.4 is 9.64 Å². The minimum absolute atomic E-state index is 0.168. The second-order valence-electron chi connectivity index (χ2n) is 4.22. The van der Waals surface area contributed by atoms with Gasteiger partial charge in [-0.2, -0.15) is 0 Å². The molecule has 1 heterocycles. The fourth-order valence-corrected chi connectivity index (χ4v) is 2.17. The molecule has 4 nitrogen and oxygen atoms in total. The predicted molar refractivity (Wildman–Crippen MR) is 73.5 cm³/mol. The third-order valence-corrected chi connectivity index (χ3v) is 3.26. The van der Waals surface area contributed by atoms with Crippen molar-refractivity contribution in [3.8, 4) is 5.75 Å². The number of amides is 2. The highest BCUT2D eigenvalue weighted by Crippen LogP contribution is 2.28. The van der Waals surface area contributed by atoms with Gasteiger partial charge in [-0.15, -0.1) is 11.6 Å². The van der Waals surface area contributed by atoms with Crippen molar-refractivity contribution < 1.29 is 14.3 Å². The summed E-state index contributed by atoms with van der Waals surface area (Å²) in [5.41, 5.74) is 0.550. The summed E-state index contributed by atoms with van der Waals surface area (Å²) in [7, 11) is 0. The number of imide groups is 1. The van der Waals surface area contributed by atoms with Crippen molar-refractivity contribution in [1.82, 2.24) is 0 Å². The number of halogens is 1. The number of hydrogen-bond donors (Lipinski definition) is 0. The van der Waals surface area contributed by atoms with Crippen LogP contribution in [0.25, 0.3) is 0 Å². The van der Waals surface area contributed by atoms with Crippen LogP contribution in [0.2, 0.25) is 0 Å². The highest BCUT2D eigenvalue weighted by atomic mass is 35.5. The van der Waals surface area contributed by atoms with Crippen LogP contribution >= 0.6 is 11.6 Å². The smallest absolute Gasteiger partial charge is 0.238 e. The molecule has 1 aromatic carbocycles. The van der Waals surface area contributed by atoms with Crippen molar-refractivity contribution in [3.63, 3.8) is 0 Å². The van der Waals surface area contributed by atoms with Gasteiger partial charge in [-0.25, -0.2) is 0 Å². The number of anilines is 1. The Kier molecular flexibility index (Phi) is 4.22. The number of benzene rings is 1. The molecule has 0 N–H and O–H groups in total. The Balaban J connectivity index is 2.16. The molecule has 1 atom stereocenters. The van der Waals surface area contributed by atoms with E-state index in [0.717, 1.165) is 0 Å². The Morgan fingerprint density at radius 3 is 2.58 bits per heavy atom. The van der Waals surface area contributed by atoms with Gasteiger partial charge in [0.1, 0.15) is 12.4 Å². The van der Waals surface area contributed by atoms with E-state index in [9.17, 15) is 9.59 Å². The largest absolute Gasteiger partial charge is 0.490 e. The maximum absolute atomic E-state index is 12.0. The third-order valence-electron chi connectivity index (χ3n) is 2.89. The molecule has 19 heavy (non-hydrogen) atoms. The molecule has 0 aromatic heterocycles. The monoisotopic (exact) mass is 279 g/mol. The van der Waals surface area contributed by atoms with Gasteiger partial charge in [0.25, 0.3) is 0 Å². The summed E-state index contributed by atoms with van der Waals surface area (Å²) in [5, 5.41) is 0. The fourth-order valence-electron chi connectivity index (χ4n) is 1.93. The second-order valence-corrected chi connectivity index (χ2v) is 4.52. The van der Waals surface area contributed by atoms with Crippen molar-refractivity contribution in [1.29, 1.82) is 0 Å². The van der Waals surface area contributed by atoms with Gasteiger partial charge in [-0.3, -0.25) is 14.5 Å². The van der Waals surface area contributed by atoms with Crippen molar-refractivity contribution >= 4 is 29.1 Å². The van der Waals surface area contributed by atoms with Gasteiger partial charge in [0.15, 0.2) is 0 Å². The summed E-state index contributed by atoms with van der Waals surface area (Å²) in [6, 6.07) is 6.80. The molecule has 1 fully saturated rings. The van der Waals surface area contributed by atoms with Crippen molar-refractivity contribution in [2.24, 2.45) is 5.92 Å². The van der Waals surface area contributed by atoms with Gasteiger partial charge >= 0.3 is 0 Å². The van der Waals surface area contributed by atoms with Crippen LogP contribution in [0.3, 0.4) is 0 Å². The maximum Gasteiger partial charge on any atom is 0.238 e. The first kappa shape index (κ1) is 13.6. The molecule has 1 unspecified atom stereocenters. The first-order valence-electron chi connectivity index (χ1n) is 5.94. The summed E-state index contributed by atoms with van der Waals surface area (Å²) >= 11 is 5.67. The summed E-state index contributed by atoms with van der Waals surface area (Å²) in [5.74, 6) is -0.0283. The normalized spacial score (nSPS) is 18.8. The molecule has 100 valence electrons. The SMILES string of the molecule is C=CCOc1ccc(N2C(=O)CC(CCl)C2=O)cc1. The molecule has 0 spiro atoms. The minimum atomic E-state index is -0.411. The maximum atomic E-state index is 12.0. The molecular weight excluding hydrogens is 266 g/mol. The van der Waals surface area contributed by atoms with Crippen LogP contribution in [-0.2, 0) is 9.59 Å². The highest BCUT2D eigenvalue weighted by Gasteiger charge is 2.38. The molecular formula is C14H14ClNO3. The van der Waals surface area contributed by atoms with E-state index in [4.69, 9.17) is 16.3 Å². The van der Waals surface area contributed by atoms with E-state index in [1.807, 2.05) is 0 Å². The summed E-state index contributed by atoms with van der Waals surface area (Å²) in [6.07, 6.45) is 1.82. The van der Waals surface area contributed by atoms with Gasteiger partial charge in [0, 0.05) is 12.3 Å². The summed E-state index contributed by atoms with van der Waals surface area (Å²) in [6.45, 7) is 3.97. The molecule has 1 aromatic rings. The number of nitrogens with zero attached hydrogens (tertiary/aromatic N) is 1. The van der Waals surface area contributed by atoms with E-state index in [1.54, 1.807) is 30.3 Å². The predicted octanol–water partition coefficient (Wildman–Crippen LogP) is 2.37. The number of carbonyl (C=O) groups excluding carboxylic acids is 2. The van der Waals surface area contributed by atoms with Gasteiger partial charge < -0.3 is 4.74 Å². The zero-order valence-electron chi connectivity index (χ0n) is 10.3. The third kappa shape index (κ3) is 2.79. The summed E-state index contributed by atoms with van der Waals surface area (Å²) < 4.78 is 5.34. The van der Waals surface area contributed by atoms with Crippen LogP contribution in [0, 0.1) is 5.92 Å². The molecule has 0 bridgehead atoms. The zero-order valence-corrected chi connectivity index (χ0v) is 11.1. The standard InChI is InChI=1S/C14H14ClNO3/c1-2-7-19-12-5-3-11(4-6-12)16-13(17)8-10(9-15)14(16)18/h2-6,10H,1,7-9H2. The molecule has 5 heteroatoms. The molecule has 0 aliphatic carbocycles. The Hall–Kier alpha value is -1.81. The lowest BCUT2D eigenvalue weighted by atomic mass is 10.1. The van der Waals surface area contributed by atoms with E-state index in [1.165, 1.54) is 4.90 Å². The molecule has 0 saturated carbocycles. The van der Waals surface area contributed by atoms with E-state index in [2.05, 4.69) is 6.58 Å². The molecule has 1 aliphatic heterocycles. The van der Waals surface area contributed by atoms with Crippen LogP contribution in [0.4, 0.5) is 5.69 Å². The number of ether oxygens (including phenoxy) is 1. The van der Waals surface area contributed by atoms with Crippen LogP contribution in [0.5, 0.6) is 5.75 Å². The average molecular weight is 280 g/mol.